The fraction of sp³-hybridized carbons (Fsp3) is 0.500. The fourth-order valence-corrected chi connectivity index (χ4v) is 0. The van der Waals surface area contributed by atoms with Crippen LogP contribution in [0, 0.1) is 0 Å². The minimum atomic E-state index is -0.833. The van der Waals surface area contributed by atoms with Crippen molar-refractivity contribution in [2.45, 2.75) is 6.92 Å². The Labute approximate surface area is 33.8 Å². The van der Waals surface area contributed by atoms with Crippen LogP contribution in [0.4, 0.5) is 0 Å². The third-order valence-corrected chi connectivity index (χ3v) is 0. The fourth-order valence-electron chi connectivity index (χ4n) is 0. The Kier molecular flexibility index (Phi) is 6.91. The molecule has 0 spiro atoms. The molecule has 0 aliphatic carbocycles. The topological polar surface area (TPSA) is 37.3 Å². The van der Waals surface area contributed by atoms with Crippen LogP contribution in [-0.4, -0.2) is 11.1 Å². The third kappa shape index (κ3) is 1410. The first-order valence-electron chi connectivity index (χ1n) is 0.928. The van der Waals surface area contributed by atoms with Crippen LogP contribution in [-0.2, 0) is 4.79 Å². The molecule has 1 N–H and O–H groups in total. The van der Waals surface area contributed by atoms with Crippen molar-refractivity contribution in [3.63, 3.8) is 0 Å². The van der Waals surface area contributed by atoms with Crippen LogP contribution in [0.1, 0.15) is 6.92 Å². The van der Waals surface area contributed by atoms with Crippen LogP contribution < -0.4 is 0 Å². The number of hydrogen-bond acceptors (Lipinski definition) is 1. The number of rotatable bonds is 0. The highest BCUT2D eigenvalue weighted by molar-refractivity contribution is 6.92. The molecular weight excluding hydrogens is 87.0 g/mol. The van der Waals surface area contributed by atoms with E-state index in [2.05, 4.69) is 0 Å². The standard InChI is InChI=1S/C2H4O2.H3P/c1-2(3)4;/h1H3,(H,3,4);1H3. The summed E-state index contributed by atoms with van der Waals surface area (Å²) in [6, 6.07) is 0. The van der Waals surface area contributed by atoms with Crippen LogP contribution in [0.15, 0.2) is 0 Å². The van der Waals surface area contributed by atoms with Crippen molar-refractivity contribution in [1.82, 2.24) is 0 Å². The summed E-state index contributed by atoms with van der Waals surface area (Å²) in [7, 11) is 0. The summed E-state index contributed by atoms with van der Waals surface area (Å²) in [6.45, 7) is 1.08. The van der Waals surface area contributed by atoms with Crippen molar-refractivity contribution in [3.8, 4) is 0 Å². The molecule has 1 unspecified atom stereocenters. The lowest BCUT2D eigenvalue weighted by molar-refractivity contribution is -0.134. The zero-order valence-corrected chi connectivity index (χ0v) is 4.48. The van der Waals surface area contributed by atoms with Gasteiger partial charge in [0, 0.05) is 6.92 Å². The van der Waals surface area contributed by atoms with Gasteiger partial charge in [-0.25, -0.2) is 0 Å². The third-order valence-electron chi connectivity index (χ3n) is 0. The first-order chi connectivity index (χ1) is 1.73. The van der Waals surface area contributed by atoms with E-state index in [9.17, 15) is 0 Å². The molecule has 0 aromatic heterocycles. The SMILES string of the molecule is CC(=O)O.P. The highest BCUT2D eigenvalue weighted by Gasteiger charge is 1.65. The van der Waals surface area contributed by atoms with Gasteiger partial charge in [-0.05, 0) is 0 Å². The number of hydrogen-bond donors (Lipinski definition) is 1. The number of carbonyl (C=O) groups is 1. The Balaban J connectivity index is 0. The zero-order chi connectivity index (χ0) is 3.58. The van der Waals surface area contributed by atoms with Crippen molar-refractivity contribution in [1.29, 1.82) is 0 Å². The van der Waals surface area contributed by atoms with E-state index in [0.29, 0.717) is 0 Å². The van der Waals surface area contributed by atoms with Gasteiger partial charge in [0.15, 0.2) is 0 Å². The van der Waals surface area contributed by atoms with Gasteiger partial charge in [0.1, 0.15) is 0 Å². The minimum Gasteiger partial charge on any atom is -0.481 e. The van der Waals surface area contributed by atoms with E-state index in [4.69, 9.17) is 9.90 Å². The molecule has 32 valence electrons. The highest BCUT2D eigenvalue weighted by Crippen LogP contribution is 1.42. The molecule has 0 bridgehead atoms. The van der Waals surface area contributed by atoms with Gasteiger partial charge in [-0.15, -0.1) is 0 Å². The second-order valence-corrected chi connectivity index (χ2v) is 0.519. The molecule has 0 aliphatic heterocycles. The maximum atomic E-state index is 9.00. The van der Waals surface area contributed by atoms with Crippen LogP contribution in [0.3, 0.4) is 0 Å². The second kappa shape index (κ2) is 3.90. The van der Waals surface area contributed by atoms with E-state index in [-0.39, 0.29) is 9.90 Å². The number of aliphatic carboxylic acids is 1. The van der Waals surface area contributed by atoms with Gasteiger partial charge in [-0.1, -0.05) is 0 Å². The van der Waals surface area contributed by atoms with Gasteiger partial charge in [0.2, 0.25) is 0 Å². The van der Waals surface area contributed by atoms with E-state index in [1.807, 2.05) is 0 Å². The summed E-state index contributed by atoms with van der Waals surface area (Å²) in [6.07, 6.45) is 0. The molecular formula is C2H7O2P. The Morgan fingerprint density at radius 3 is 1.80 bits per heavy atom. The second-order valence-electron chi connectivity index (χ2n) is 0.519. The summed E-state index contributed by atoms with van der Waals surface area (Å²) in [4.78, 5) is 9.00. The van der Waals surface area contributed by atoms with E-state index < -0.39 is 5.97 Å². The smallest absolute Gasteiger partial charge is 0.300 e. The Bertz CT molecular complexity index is 30.6. The van der Waals surface area contributed by atoms with Crippen LogP contribution in [0.25, 0.3) is 0 Å². The van der Waals surface area contributed by atoms with Crippen molar-refractivity contribution in [3.05, 3.63) is 0 Å². The predicted octanol–water partition coefficient (Wildman–Crippen LogP) is 0.149. The summed E-state index contributed by atoms with van der Waals surface area (Å²) < 4.78 is 0. The van der Waals surface area contributed by atoms with Gasteiger partial charge in [0.25, 0.3) is 5.97 Å². The average Bonchev–Trinajstić information content (AvgIpc) is 0.811. The summed E-state index contributed by atoms with van der Waals surface area (Å²) in [5.41, 5.74) is 0. The predicted molar refractivity (Wildman–Crippen MR) is 24.4 cm³/mol. The molecule has 0 heterocycles. The van der Waals surface area contributed by atoms with E-state index in [1.165, 1.54) is 0 Å². The molecule has 0 saturated heterocycles. The van der Waals surface area contributed by atoms with Crippen LogP contribution in [0.5, 0.6) is 0 Å². The molecule has 5 heavy (non-hydrogen) atoms. The normalized spacial score (nSPS) is 5.00. The van der Waals surface area contributed by atoms with Gasteiger partial charge in [-0.2, -0.15) is 9.90 Å². The van der Waals surface area contributed by atoms with Gasteiger partial charge in [0.05, 0.1) is 0 Å². The molecule has 0 amide bonds. The zero-order valence-electron chi connectivity index (χ0n) is 3.06. The molecule has 0 radical (unpaired) electrons. The Morgan fingerprint density at radius 2 is 1.80 bits per heavy atom. The molecule has 0 aromatic carbocycles. The quantitative estimate of drug-likeness (QED) is 0.434. The molecule has 0 aliphatic rings. The number of carboxylic acids is 1. The maximum Gasteiger partial charge on any atom is 0.300 e. The Morgan fingerprint density at radius 1 is 1.80 bits per heavy atom. The Hall–Kier alpha value is -0.100. The van der Waals surface area contributed by atoms with Gasteiger partial charge < -0.3 is 5.11 Å². The molecule has 2 nitrogen and oxygen atoms in total. The minimum absolute atomic E-state index is 0. The van der Waals surface area contributed by atoms with Crippen molar-refractivity contribution in [2.75, 3.05) is 0 Å². The highest BCUT2D eigenvalue weighted by atomic mass is 31.0. The molecule has 1 atom stereocenters. The summed E-state index contributed by atoms with van der Waals surface area (Å²) in [5.74, 6) is -0.833. The first kappa shape index (κ1) is 8.86. The van der Waals surface area contributed by atoms with Crippen LogP contribution >= 0.6 is 9.90 Å². The molecule has 0 rings (SSSR count). The summed E-state index contributed by atoms with van der Waals surface area (Å²) in [5, 5.41) is 7.42. The van der Waals surface area contributed by atoms with E-state index in [0.717, 1.165) is 6.92 Å². The average molecular weight is 94.1 g/mol. The van der Waals surface area contributed by atoms with E-state index in [1.54, 1.807) is 0 Å². The van der Waals surface area contributed by atoms with Crippen molar-refractivity contribution in [2.24, 2.45) is 0 Å². The molecule has 0 fully saturated rings. The summed E-state index contributed by atoms with van der Waals surface area (Å²) >= 11 is 0. The van der Waals surface area contributed by atoms with Gasteiger partial charge >= 0.3 is 0 Å². The lowest BCUT2D eigenvalue weighted by Gasteiger charge is -1.59. The van der Waals surface area contributed by atoms with E-state index >= 15 is 0 Å². The molecule has 0 saturated carbocycles. The maximum absolute atomic E-state index is 9.00. The van der Waals surface area contributed by atoms with Gasteiger partial charge in [-0.3, -0.25) is 4.79 Å². The number of carboxylic acid groups (broad SMARTS) is 1. The van der Waals surface area contributed by atoms with Crippen LogP contribution in [0.2, 0.25) is 0 Å². The lowest BCUT2D eigenvalue weighted by atomic mass is 10.9. The lowest BCUT2D eigenvalue weighted by Crippen LogP contribution is -1.78. The van der Waals surface area contributed by atoms with Crippen molar-refractivity contribution < 1.29 is 9.90 Å². The monoisotopic (exact) mass is 94.0 g/mol. The molecule has 0 aromatic rings. The largest absolute Gasteiger partial charge is 0.481 e. The molecule has 3 heteroatoms. The first-order valence-corrected chi connectivity index (χ1v) is 0.928. The van der Waals surface area contributed by atoms with Crippen molar-refractivity contribution >= 4 is 15.9 Å².